The molecule has 1 aliphatic rings. The van der Waals surface area contributed by atoms with Gasteiger partial charge in [0.05, 0.1) is 6.54 Å². The van der Waals surface area contributed by atoms with Crippen LogP contribution in [0.15, 0.2) is 12.3 Å². The quantitative estimate of drug-likeness (QED) is 0.292. The van der Waals surface area contributed by atoms with Crippen molar-refractivity contribution >= 4 is 5.78 Å². The number of hydrogen-bond acceptors (Lipinski definition) is 1. The smallest absolute Gasteiger partial charge is 0.297 e. The highest BCUT2D eigenvalue weighted by molar-refractivity contribution is 5.94. The van der Waals surface area contributed by atoms with Gasteiger partial charge in [-0.3, -0.25) is 14.8 Å². The molecule has 0 aromatic rings. The minimum absolute atomic E-state index is 0.220. The van der Waals surface area contributed by atoms with Gasteiger partial charge in [0.1, 0.15) is 6.54 Å². The maximum absolute atomic E-state index is 10.5. The van der Waals surface area contributed by atoms with Crippen LogP contribution in [0, 0.1) is 0 Å². The number of rotatable bonds is 1. The summed E-state index contributed by atoms with van der Waals surface area (Å²) in [7, 11) is 0. The van der Waals surface area contributed by atoms with E-state index < -0.39 is 0 Å². The predicted molar refractivity (Wildman–Crippen MR) is 32.6 cm³/mol. The SMILES string of the molecule is C=C([O])C1=[O+]CCNC1. The molecule has 1 N–H and O–H groups in total. The van der Waals surface area contributed by atoms with Crippen LogP contribution < -0.4 is 5.32 Å². The zero-order valence-corrected chi connectivity index (χ0v) is 5.14. The van der Waals surface area contributed by atoms with E-state index in [1.807, 2.05) is 0 Å². The third-order valence-electron chi connectivity index (χ3n) is 1.15. The van der Waals surface area contributed by atoms with Crippen molar-refractivity contribution in [2.24, 2.45) is 0 Å². The molecule has 0 spiro atoms. The molecule has 0 saturated heterocycles. The largest absolute Gasteiger partial charge is 0.379 e. The highest BCUT2D eigenvalue weighted by Crippen LogP contribution is 1.89. The standard InChI is InChI=1S/C6H9NO2/c1-5(8)6-4-7-2-3-9-6/h7H,1-4H2/q+1. The van der Waals surface area contributed by atoms with Crippen molar-refractivity contribution in [1.29, 1.82) is 0 Å². The Bertz CT molecular complexity index is 151. The third kappa shape index (κ3) is 1.54. The van der Waals surface area contributed by atoms with Crippen LogP contribution in [0.25, 0.3) is 0 Å². The van der Waals surface area contributed by atoms with Gasteiger partial charge < -0.3 is 0 Å². The molecule has 1 radical (unpaired) electrons. The zero-order valence-electron chi connectivity index (χ0n) is 5.14. The molecule has 0 fully saturated rings. The molecule has 0 aromatic carbocycles. The Balaban J connectivity index is 2.57. The maximum atomic E-state index is 10.5. The minimum Gasteiger partial charge on any atom is -0.297 e. The van der Waals surface area contributed by atoms with E-state index in [1.165, 1.54) is 0 Å². The van der Waals surface area contributed by atoms with Crippen molar-refractivity contribution in [3.8, 4) is 0 Å². The summed E-state index contributed by atoms with van der Waals surface area (Å²) in [5.74, 6) is 0.225. The molecule has 1 heterocycles. The van der Waals surface area contributed by atoms with Crippen LogP contribution >= 0.6 is 0 Å². The summed E-state index contributed by atoms with van der Waals surface area (Å²) < 4.78 is 4.98. The summed E-state index contributed by atoms with van der Waals surface area (Å²) in [4.78, 5) is 0. The molecule has 0 aromatic heterocycles. The van der Waals surface area contributed by atoms with Gasteiger partial charge in [-0.15, -0.1) is 0 Å². The number of ketones is 1. The van der Waals surface area contributed by atoms with Crippen LogP contribution in [-0.2, 0) is 9.53 Å². The van der Waals surface area contributed by atoms with E-state index >= 15 is 0 Å². The van der Waals surface area contributed by atoms with E-state index in [4.69, 9.17) is 4.42 Å². The molecule has 0 bridgehead atoms. The molecule has 1 rings (SSSR count). The average molecular weight is 127 g/mol. The Hall–Kier alpha value is -0.830. The topological polar surface area (TPSA) is 43.2 Å². The van der Waals surface area contributed by atoms with Gasteiger partial charge in [-0.2, -0.15) is 0 Å². The second kappa shape index (κ2) is 2.64. The van der Waals surface area contributed by atoms with Crippen LogP contribution in [0.1, 0.15) is 0 Å². The lowest BCUT2D eigenvalue weighted by Crippen LogP contribution is -2.33. The highest BCUT2D eigenvalue weighted by atomic mass is 16.4. The summed E-state index contributed by atoms with van der Waals surface area (Å²) in [5.41, 5.74) is 0. The summed E-state index contributed by atoms with van der Waals surface area (Å²) in [6.07, 6.45) is 0. The van der Waals surface area contributed by atoms with Gasteiger partial charge >= 0.3 is 5.78 Å². The van der Waals surface area contributed by atoms with Crippen LogP contribution in [0.2, 0.25) is 0 Å². The molecule has 0 amide bonds. The van der Waals surface area contributed by atoms with Crippen LogP contribution in [0.5, 0.6) is 0 Å². The van der Waals surface area contributed by atoms with E-state index in [2.05, 4.69) is 11.9 Å². The van der Waals surface area contributed by atoms with E-state index in [9.17, 15) is 5.11 Å². The number of carbonyl (C=O) groups excluding carboxylic acids is 1. The Morgan fingerprint density at radius 2 is 2.56 bits per heavy atom. The molecule has 1 aliphatic heterocycles. The Kier molecular flexibility index (Phi) is 1.85. The normalized spacial score (nSPS) is 18.9. The molecular weight excluding hydrogens is 118 g/mol. The Labute approximate surface area is 53.7 Å². The molecule has 0 aliphatic carbocycles. The van der Waals surface area contributed by atoms with E-state index in [0.29, 0.717) is 18.9 Å². The van der Waals surface area contributed by atoms with Crippen molar-refractivity contribution in [2.75, 3.05) is 19.7 Å². The van der Waals surface area contributed by atoms with Gasteiger partial charge in [0.15, 0.2) is 0 Å². The van der Waals surface area contributed by atoms with E-state index in [1.54, 1.807) is 0 Å². The molecule has 0 saturated carbocycles. The fourth-order valence-corrected chi connectivity index (χ4v) is 0.678. The van der Waals surface area contributed by atoms with Crippen molar-refractivity contribution in [2.45, 2.75) is 0 Å². The number of hydrogen-bond donors (Lipinski definition) is 1. The Morgan fingerprint density at radius 1 is 1.78 bits per heavy atom. The molecular formula is C6H9NO2+. The average Bonchev–Trinajstić information content (AvgIpc) is 1.90. The summed E-state index contributed by atoms with van der Waals surface area (Å²) in [5, 5.41) is 13.5. The third-order valence-corrected chi connectivity index (χ3v) is 1.15. The highest BCUT2D eigenvalue weighted by Gasteiger charge is 2.20. The fraction of sp³-hybridized carbons (Fsp3) is 0.500. The van der Waals surface area contributed by atoms with Gasteiger partial charge in [0.2, 0.25) is 0 Å². The van der Waals surface area contributed by atoms with Gasteiger partial charge in [-0.1, -0.05) is 0 Å². The number of nitrogens with one attached hydrogen (secondary N) is 1. The minimum atomic E-state index is -0.220. The van der Waals surface area contributed by atoms with Gasteiger partial charge in [-0.25, -0.2) is 0 Å². The first kappa shape index (κ1) is 6.29. The summed E-state index contributed by atoms with van der Waals surface area (Å²) >= 11 is 0. The maximum Gasteiger partial charge on any atom is 0.379 e. The molecule has 0 atom stereocenters. The second-order valence-electron chi connectivity index (χ2n) is 1.87. The van der Waals surface area contributed by atoms with E-state index in [-0.39, 0.29) is 5.76 Å². The predicted octanol–water partition coefficient (Wildman–Crippen LogP) is -0.361. The van der Waals surface area contributed by atoms with Crippen molar-refractivity contribution in [3.63, 3.8) is 0 Å². The van der Waals surface area contributed by atoms with Crippen LogP contribution in [0.3, 0.4) is 0 Å². The lowest BCUT2D eigenvalue weighted by molar-refractivity contribution is -0.460. The summed E-state index contributed by atoms with van der Waals surface area (Å²) in [6.45, 7) is 5.15. The van der Waals surface area contributed by atoms with Crippen LogP contribution in [0.4, 0.5) is 0 Å². The first-order valence-corrected chi connectivity index (χ1v) is 2.86. The van der Waals surface area contributed by atoms with Crippen molar-refractivity contribution < 1.29 is 9.53 Å². The zero-order chi connectivity index (χ0) is 6.69. The van der Waals surface area contributed by atoms with Crippen LogP contribution in [-0.4, -0.2) is 25.5 Å². The van der Waals surface area contributed by atoms with Crippen molar-refractivity contribution in [3.05, 3.63) is 12.3 Å². The molecule has 0 unspecified atom stereocenters. The molecule has 49 valence electrons. The Morgan fingerprint density at radius 3 is 2.89 bits per heavy atom. The molecule has 3 nitrogen and oxygen atoms in total. The van der Waals surface area contributed by atoms with E-state index in [0.717, 1.165) is 6.54 Å². The lowest BCUT2D eigenvalue weighted by Gasteiger charge is -1.99. The fourth-order valence-electron chi connectivity index (χ4n) is 0.678. The molecule has 3 heteroatoms. The first-order chi connectivity index (χ1) is 4.30. The first-order valence-electron chi connectivity index (χ1n) is 2.86. The second-order valence-corrected chi connectivity index (χ2v) is 1.87. The van der Waals surface area contributed by atoms with Gasteiger partial charge in [0, 0.05) is 0 Å². The monoisotopic (exact) mass is 127 g/mol. The summed E-state index contributed by atoms with van der Waals surface area (Å²) in [6, 6.07) is 0. The lowest BCUT2D eigenvalue weighted by atomic mass is 10.3. The van der Waals surface area contributed by atoms with Gasteiger partial charge in [0.25, 0.3) is 12.4 Å². The van der Waals surface area contributed by atoms with Crippen molar-refractivity contribution in [1.82, 2.24) is 5.32 Å². The molecule has 9 heavy (non-hydrogen) atoms. The van der Waals surface area contributed by atoms with Gasteiger partial charge in [-0.05, 0) is 6.58 Å².